The maximum absolute atomic E-state index is 13.1. The number of hydrogen-bond acceptors (Lipinski definition) is 1. The molecular formula is C17H17ClFN. The molecule has 3 rings (SSSR count). The third kappa shape index (κ3) is 2.80. The zero-order chi connectivity index (χ0) is 14.1. The first-order chi connectivity index (χ1) is 9.61. The lowest BCUT2D eigenvalue weighted by atomic mass is 9.76. The largest absolute Gasteiger partial charge is 0.382 e. The molecule has 0 saturated heterocycles. The van der Waals surface area contributed by atoms with Crippen LogP contribution >= 0.6 is 11.6 Å². The minimum Gasteiger partial charge on any atom is -0.382 e. The molecule has 0 radical (unpaired) electrons. The second-order valence-electron chi connectivity index (χ2n) is 5.52. The van der Waals surface area contributed by atoms with Crippen molar-refractivity contribution < 1.29 is 4.39 Å². The van der Waals surface area contributed by atoms with Gasteiger partial charge in [0.2, 0.25) is 0 Å². The van der Waals surface area contributed by atoms with Crippen molar-refractivity contribution in [3.8, 4) is 0 Å². The average Bonchev–Trinajstić information content (AvgIpc) is 2.35. The standard InChI is InChI=1S/C17H17ClFN/c1-11-7-15(19)5-6-17(11)20-16-9-13(10-16)12-3-2-4-14(18)8-12/h2-8,13,16,20H,9-10H2,1H3. The summed E-state index contributed by atoms with van der Waals surface area (Å²) >= 11 is 6.02. The van der Waals surface area contributed by atoms with Gasteiger partial charge in [0.15, 0.2) is 0 Å². The molecule has 1 saturated carbocycles. The van der Waals surface area contributed by atoms with Gasteiger partial charge in [-0.15, -0.1) is 0 Å². The molecule has 0 unspecified atom stereocenters. The van der Waals surface area contributed by atoms with Gasteiger partial charge in [-0.25, -0.2) is 4.39 Å². The molecule has 2 aromatic rings. The number of hydrogen-bond donors (Lipinski definition) is 1. The first kappa shape index (κ1) is 13.4. The van der Waals surface area contributed by atoms with E-state index in [-0.39, 0.29) is 5.82 Å². The van der Waals surface area contributed by atoms with Crippen LogP contribution in [0, 0.1) is 12.7 Å². The first-order valence-corrected chi connectivity index (χ1v) is 7.28. The Morgan fingerprint density at radius 1 is 1.15 bits per heavy atom. The van der Waals surface area contributed by atoms with Crippen molar-refractivity contribution in [1.82, 2.24) is 0 Å². The van der Waals surface area contributed by atoms with E-state index < -0.39 is 0 Å². The van der Waals surface area contributed by atoms with Crippen molar-refractivity contribution in [2.45, 2.75) is 31.7 Å². The molecule has 0 aromatic heterocycles. The smallest absolute Gasteiger partial charge is 0.123 e. The Balaban J connectivity index is 1.61. The van der Waals surface area contributed by atoms with E-state index in [0.717, 1.165) is 29.1 Å². The molecule has 20 heavy (non-hydrogen) atoms. The van der Waals surface area contributed by atoms with Crippen molar-refractivity contribution in [3.63, 3.8) is 0 Å². The Kier molecular flexibility index (Phi) is 3.66. The highest BCUT2D eigenvalue weighted by Crippen LogP contribution is 2.39. The second-order valence-corrected chi connectivity index (χ2v) is 5.96. The molecule has 2 aromatic carbocycles. The van der Waals surface area contributed by atoms with E-state index in [2.05, 4.69) is 11.4 Å². The molecule has 104 valence electrons. The Morgan fingerprint density at radius 2 is 1.95 bits per heavy atom. The summed E-state index contributed by atoms with van der Waals surface area (Å²) in [6.45, 7) is 1.93. The van der Waals surface area contributed by atoms with E-state index in [9.17, 15) is 4.39 Å². The van der Waals surface area contributed by atoms with Crippen molar-refractivity contribution in [2.75, 3.05) is 5.32 Å². The molecule has 1 N–H and O–H groups in total. The monoisotopic (exact) mass is 289 g/mol. The Bertz CT molecular complexity index is 620. The van der Waals surface area contributed by atoms with E-state index in [0.29, 0.717) is 12.0 Å². The summed E-state index contributed by atoms with van der Waals surface area (Å²) in [5.74, 6) is 0.394. The zero-order valence-electron chi connectivity index (χ0n) is 11.4. The number of aryl methyl sites for hydroxylation is 1. The van der Waals surface area contributed by atoms with Gasteiger partial charge in [-0.05, 0) is 67.1 Å². The van der Waals surface area contributed by atoms with E-state index in [1.165, 1.54) is 11.6 Å². The van der Waals surface area contributed by atoms with Crippen LogP contribution in [0.1, 0.15) is 29.9 Å². The lowest BCUT2D eigenvalue weighted by Gasteiger charge is -2.37. The molecule has 0 aliphatic heterocycles. The third-order valence-corrected chi connectivity index (χ3v) is 4.24. The SMILES string of the molecule is Cc1cc(F)ccc1NC1CC(c2cccc(Cl)c2)C1. The van der Waals surface area contributed by atoms with Gasteiger partial charge in [0.05, 0.1) is 0 Å². The van der Waals surface area contributed by atoms with Gasteiger partial charge in [0.25, 0.3) is 0 Å². The van der Waals surface area contributed by atoms with Gasteiger partial charge >= 0.3 is 0 Å². The summed E-state index contributed by atoms with van der Waals surface area (Å²) in [6, 6.07) is 13.4. The van der Waals surface area contributed by atoms with Crippen molar-refractivity contribution >= 4 is 17.3 Å². The molecule has 3 heteroatoms. The van der Waals surface area contributed by atoms with Gasteiger partial charge in [-0.2, -0.15) is 0 Å². The topological polar surface area (TPSA) is 12.0 Å². The average molecular weight is 290 g/mol. The lowest BCUT2D eigenvalue weighted by Crippen LogP contribution is -2.34. The Hall–Kier alpha value is -1.54. The molecule has 0 amide bonds. The molecule has 0 atom stereocenters. The van der Waals surface area contributed by atoms with Crippen LogP contribution in [0.4, 0.5) is 10.1 Å². The molecule has 1 fully saturated rings. The van der Waals surface area contributed by atoms with E-state index >= 15 is 0 Å². The highest BCUT2D eigenvalue weighted by Gasteiger charge is 2.30. The van der Waals surface area contributed by atoms with Crippen molar-refractivity contribution in [1.29, 1.82) is 0 Å². The molecule has 0 heterocycles. The van der Waals surface area contributed by atoms with Gasteiger partial charge in [-0.1, -0.05) is 23.7 Å². The minimum absolute atomic E-state index is 0.182. The summed E-state index contributed by atoms with van der Waals surface area (Å²) in [5.41, 5.74) is 3.29. The fourth-order valence-corrected chi connectivity index (χ4v) is 2.98. The summed E-state index contributed by atoms with van der Waals surface area (Å²) in [5, 5.41) is 4.29. The first-order valence-electron chi connectivity index (χ1n) is 6.90. The fourth-order valence-electron chi connectivity index (χ4n) is 2.78. The highest BCUT2D eigenvalue weighted by molar-refractivity contribution is 6.30. The number of anilines is 1. The van der Waals surface area contributed by atoms with Crippen LogP contribution < -0.4 is 5.32 Å². The van der Waals surface area contributed by atoms with E-state index in [4.69, 9.17) is 11.6 Å². The van der Waals surface area contributed by atoms with E-state index in [1.807, 2.05) is 31.2 Å². The van der Waals surface area contributed by atoms with Gasteiger partial charge < -0.3 is 5.32 Å². The molecule has 1 aliphatic carbocycles. The highest BCUT2D eigenvalue weighted by atomic mass is 35.5. The van der Waals surface area contributed by atoms with Crippen LogP contribution in [0.25, 0.3) is 0 Å². The maximum atomic E-state index is 13.1. The summed E-state index contributed by atoms with van der Waals surface area (Å²) in [6.07, 6.45) is 2.19. The van der Waals surface area contributed by atoms with Crippen LogP contribution in [0.5, 0.6) is 0 Å². The van der Waals surface area contributed by atoms with Crippen LogP contribution in [-0.2, 0) is 0 Å². The van der Waals surface area contributed by atoms with Gasteiger partial charge in [0.1, 0.15) is 5.82 Å². The zero-order valence-corrected chi connectivity index (χ0v) is 12.1. The Morgan fingerprint density at radius 3 is 2.65 bits per heavy atom. The fraction of sp³-hybridized carbons (Fsp3) is 0.294. The molecule has 1 aliphatic rings. The van der Waals surface area contributed by atoms with Crippen LogP contribution in [0.2, 0.25) is 5.02 Å². The van der Waals surface area contributed by atoms with E-state index in [1.54, 1.807) is 6.07 Å². The van der Waals surface area contributed by atoms with Crippen LogP contribution in [0.3, 0.4) is 0 Å². The number of benzene rings is 2. The van der Waals surface area contributed by atoms with Crippen molar-refractivity contribution in [3.05, 3.63) is 64.4 Å². The summed E-state index contributed by atoms with van der Waals surface area (Å²) < 4.78 is 13.1. The van der Waals surface area contributed by atoms with Gasteiger partial charge in [-0.3, -0.25) is 0 Å². The molecular weight excluding hydrogens is 273 g/mol. The second kappa shape index (κ2) is 5.45. The summed E-state index contributed by atoms with van der Waals surface area (Å²) in [7, 11) is 0. The Labute approximate surface area is 123 Å². The quantitative estimate of drug-likeness (QED) is 0.824. The molecule has 0 bridgehead atoms. The summed E-state index contributed by atoms with van der Waals surface area (Å²) in [4.78, 5) is 0. The number of rotatable bonds is 3. The third-order valence-electron chi connectivity index (χ3n) is 4.01. The number of nitrogens with one attached hydrogen (secondary N) is 1. The normalized spacial score (nSPS) is 21.4. The number of halogens is 2. The van der Waals surface area contributed by atoms with Crippen LogP contribution in [0.15, 0.2) is 42.5 Å². The predicted molar refractivity (Wildman–Crippen MR) is 82.0 cm³/mol. The van der Waals surface area contributed by atoms with Gasteiger partial charge in [0, 0.05) is 16.8 Å². The van der Waals surface area contributed by atoms with Crippen molar-refractivity contribution in [2.24, 2.45) is 0 Å². The molecule has 0 spiro atoms. The lowest BCUT2D eigenvalue weighted by molar-refractivity contribution is 0.374. The van der Waals surface area contributed by atoms with Crippen LogP contribution in [-0.4, -0.2) is 6.04 Å². The maximum Gasteiger partial charge on any atom is 0.123 e. The molecule has 1 nitrogen and oxygen atoms in total. The minimum atomic E-state index is -0.182. The predicted octanol–water partition coefficient (Wildman–Crippen LogP) is 5.15.